The summed E-state index contributed by atoms with van der Waals surface area (Å²) in [5.74, 6) is 0. The van der Waals surface area contributed by atoms with E-state index in [1.807, 2.05) is 41.2 Å². The summed E-state index contributed by atoms with van der Waals surface area (Å²) in [6.07, 6.45) is 3.40. The maximum Gasteiger partial charge on any atom is 0.153 e. The van der Waals surface area contributed by atoms with Crippen LogP contribution in [0.25, 0.3) is 0 Å². The lowest BCUT2D eigenvalue weighted by atomic mass is 10.1. The fraction of sp³-hybridized carbons (Fsp3) is 0.333. The molecule has 0 atom stereocenters. The maximum absolute atomic E-state index is 11.1. The summed E-state index contributed by atoms with van der Waals surface area (Å²) in [6.45, 7) is 6.21. The van der Waals surface area contributed by atoms with Gasteiger partial charge in [0.2, 0.25) is 0 Å². The minimum Gasteiger partial charge on any atom is -0.298 e. The van der Waals surface area contributed by atoms with Gasteiger partial charge in [-0.15, -0.1) is 0 Å². The van der Waals surface area contributed by atoms with Crippen LogP contribution in [0.3, 0.4) is 0 Å². The quantitative estimate of drug-likeness (QED) is 0.775. The van der Waals surface area contributed by atoms with Crippen molar-refractivity contribution in [2.45, 2.75) is 32.7 Å². The minimum absolute atomic E-state index is 0.104. The first-order valence-electron chi connectivity index (χ1n) is 6.09. The molecular weight excluding hydrogens is 224 g/mol. The van der Waals surface area contributed by atoms with E-state index in [4.69, 9.17) is 0 Å². The van der Waals surface area contributed by atoms with Gasteiger partial charge in [0.05, 0.1) is 16.8 Å². The molecule has 1 aromatic heterocycles. The lowest BCUT2D eigenvalue weighted by molar-refractivity contribution is 0.112. The Bertz CT molecular complexity index is 535. The van der Waals surface area contributed by atoms with Crippen LogP contribution in [0.5, 0.6) is 0 Å². The minimum atomic E-state index is -0.104. The lowest BCUT2D eigenvalue weighted by Crippen LogP contribution is -2.22. The van der Waals surface area contributed by atoms with Gasteiger partial charge in [0, 0.05) is 12.6 Å². The first-order chi connectivity index (χ1) is 8.50. The summed E-state index contributed by atoms with van der Waals surface area (Å²) in [5.41, 5.74) is 2.58. The van der Waals surface area contributed by atoms with E-state index < -0.39 is 0 Å². The van der Waals surface area contributed by atoms with Crippen molar-refractivity contribution >= 4 is 6.29 Å². The van der Waals surface area contributed by atoms with Crippen molar-refractivity contribution in [3.63, 3.8) is 0 Å². The van der Waals surface area contributed by atoms with Crippen LogP contribution in [0.1, 0.15) is 42.4 Å². The summed E-state index contributed by atoms with van der Waals surface area (Å²) in [4.78, 5) is 11.1. The molecule has 0 amide bonds. The van der Waals surface area contributed by atoms with E-state index in [1.165, 1.54) is 5.56 Å². The van der Waals surface area contributed by atoms with Gasteiger partial charge >= 0.3 is 0 Å². The second kappa shape index (κ2) is 4.77. The first-order valence-corrected chi connectivity index (χ1v) is 6.09. The van der Waals surface area contributed by atoms with Crippen molar-refractivity contribution in [2.24, 2.45) is 0 Å². The highest BCUT2D eigenvalue weighted by molar-refractivity contribution is 5.76. The molecular formula is C15H18N2O. The number of carbonyl (C=O) groups excluding carboxylic acids is 1. The van der Waals surface area contributed by atoms with Crippen molar-refractivity contribution in [1.29, 1.82) is 0 Å². The average molecular weight is 242 g/mol. The van der Waals surface area contributed by atoms with Gasteiger partial charge in [0.15, 0.2) is 6.29 Å². The van der Waals surface area contributed by atoms with Gasteiger partial charge in [-0.1, -0.05) is 30.3 Å². The average Bonchev–Trinajstić information content (AvgIpc) is 2.73. The van der Waals surface area contributed by atoms with Crippen LogP contribution >= 0.6 is 0 Å². The Labute approximate surface area is 107 Å². The highest BCUT2D eigenvalue weighted by Gasteiger charge is 2.17. The van der Waals surface area contributed by atoms with Crippen molar-refractivity contribution in [3.8, 4) is 0 Å². The van der Waals surface area contributed by atoms with E-state index in [2.05, 4.69) is 25.9 Å². The number of rotatable bonds is 3. The Kier molecular flexibility index (Phi) is 3.32. The van der Waals surface area contributed by atoms with Crippen LogP contribution in [0.4, 0.5) is 0 Å². The van der Waals surface area contributed by atoms with E-state index in [0.29, 0.717) is 12.0 Å². The molecule has 0 aliphatic rings. The van der Waals surface area contributed by atoms with E-state index in [1.54, 1.807) is 0 Å². The number of hydrogen-bond donors (Lipinski definition) is 0. The zero-order chi connectivity index (χ0) is 13.2. The van der Waals surface area contributed by atoms with Crippen LogP contribution in [0, 0.1) is 0 Å². The van der Waals surface area contributed by atoms with Crippen LogP contribution in [-0.4, -0.2) is 16.1 Å². The Balaban J connectivity index is 2.33. The van der Waals surface area contributed by atoms with Crippen molar-refractivity contribution < 1.29 is 4.79 Å². The molecule has 3 nitrogen and oxygen atoms in total. The van der Waals surface area contributed by atoms with E-state index in [0.717, 1.165) is 12.0 Å². The molecule has 2 aromatic rings. The topological polar surface area (TPSA) is 34.9 Å². The van der Waals surface area contributed by atoms with E-state index in [-0.39, 0.29) is 5.54 Å². The molecule has 1 heterocycles. The third-order valence-corrected chi connectivity index (χ3v) is 2.85. The SMILES string of the molecule is CC(C)(C)n1cc(C=O)c(Cc2ccccc2)n1. The first kappa shape index (κ1) is 12.6. The van der Waals surface area contributed by atoms with Gasteiger partial charge in [0.1, 0.15) is 0 Å². The Morgan fingerprint density at radius 1 is 1.22 bits per heavy atom. The summed E-state index contributed by atoms with van der Waals surface area (Å²) >= 11 is 0. The second-order valence-corrected chi connectivity index (χ2v) is 5.43. The van der Waals surface area contributed by atoms with E-state index >= 15 is 0 Å². The number of benzene rings is 1. The molecule has 0 aliphatic heterocycles. The molecule has 0 radical (unpaired) electrons. The van der Waals surface area contributed by atoms with Crippen LogP contribution in [0.2, 0.25) is 0 Å². The van der Waals surface area contributed by atoms with Gasteiger partial charge in [-0.2, -0.15) is 5.10 Å². The Hall–Kier alpha value is -1.90. The third kappa shape index (κ3) is 2.67. The smallest absolute Gasteiger partial charge is 0.153 e. The Morgan fingerprint density at radius 2 is 1.89 bits per heavy atom. The second-order valence-electron chi connectivity index (χ2n) is 5.43. The predicted molar refractivity (Wildman–Crippen MR) is 71.9 cm³/mol. The maximum atomic E-state index is 11.1. The predicted octanol–water partition coefficient (Wildman–Crippen LogP) is 3.04. The Morgan fingerprint density at radius 3 is 2.44 bits per heavy atom. The number of aldehydes is 1. The molecule has 0 spiro atoms. The lowest BCUT2D eigenvalue weighted by Gasteiger charge is -2.18. The van der Waals surface area contributed by atoms with Crippen molar-refractivity contribution in [3.05, 3.63) is 53.3 Å². The van der Waals surface area contributed by atoms with Gasteiger partial charge < -0.3 is 0 Å². The van der Waals surface area contributed by atoms with Gasteiger partial charge in [0.25, 0.3) is 0 Å². The molecule has 18 heavy (non-hydrogen) atoms. The number of nitrogens with zero attached hydrogens (tertiary/aromatic N) is 2. The zero-order valence-corrected chi connectivity index (χ0v) is 11.1. The summed E-state index contributed by atoms with van der Waals surface area (Å²) in [5, 5.41) is 4.53. The van der Waals surface area contributed by atoms with Crippen LogP contribution in [0.15, 0.2) is 36.5 Å². The molecule has 0 saturated carbocycles. The largest absolute Gasteiger partial charge is 0.298 e. The van der Waals surface area contributed by atoms with E-state index in [9.17, 15) is 4.79 Å². The zero-order valence-electron chi connectivity index (χ0n) is 11.1. The summed E-state index contributed by atoms with van der Waals surface area (Å²) in [7, 11) is 0. The van der Waals surface area contributed by atoms with Crippen molar-refractivity contribution in [1.82, 2.24) is 9.78 Å². The molecule has 0 N–H and O–H groups in total. The highest BCUT2D eigenvalue weighted by atomic mass is 16.1. The highest BCUT2D eigenvalue weighted by Crippen LogP contribution is 2.17. The van der Waals surface area contributed by atoms with Crippen LogP contribution in [-0.2, 0) is 12.0 Å². The molecule has 0 unspecified atom stereocenters. The van der Waals surface area contributed by atoms with Gasteiger partial charge in [-0.05, 0) is 26.3 Å². The summed E-state index contributed by atoms with van der Waals surface area (Å²) < 4.78 is 1.86. The number of aromatic nitrogens is 2. The summed E-state index contributed by atoms with van der Waals surface area (Å²) in [6, 6.07) is 10.1. The van der Waals surface area contributed by atoms with Gasteiger partial charge in [-0.25, -0.2) is 0 Å². The fourth-order valence-electron chi connectivity index (χ4n) is 1.79. The van der Waals surface area contributed by atoms with Crippen molar-refractivity contribution in [2.75, 3.05) is 0 Å². The molecule has 0 bridgehead atoms. The monoisotopic (exact) mass is 242 g/mol. The fourth-order valence-corrected chi connectivity index (χ4v) is 1.79. The molecule has 3 heteroatoms. The number of carbonyl (C=O) groups is 1. The molecule has 1 aromatic carbocycles. The molecule has 0 aliphatic carbocycles. The van der Waals surface area contributed by atoms with Crippen LogP contribution < -0.4 is 0 Å². The van der Waals surface area contributed by atoms with Gasteiger partial charge in [-0.3, -0.25) is 9.48 Å². The molecule has 0 saturated heterocycles. The molecule has 0 fully saturated rings. The third-order valence-electron chi connectivity index (χ3n) is 2.85. The molecule has 94 valence electrons. The molecule has 2 rings (SSSR count). The standard InChI is InChI=1S/C15H18N2O/c1-15(2,3)17-10-13(11-18)14(16-17)9-12-7-5-4-6-8-12/h4-8,10-11H,9H2,1-3H3. The normalized spacial score (nSPS) is 11.5. The number of hydrogen-bond acceptors (Lipinski definition) is 2.